The van der Waals surface area contributed by atoms with Gasteiger partial charge < -0.3 is 10.4 Å². The number of benzene rings is 1. The van der Waals surface area contributed by atoms with Crippen LogP contribution in [-0.2, 0) is 0 Å². The molecule has 112 valence electrons. The number of phenolic OH excluding ortho intramolecular Hbond substituents is 1. The number of nitrogens with zero attached hydrogens (tertiary/aromatic N) is 1. The first-order valence-corrected chi connectivity index (χ1v) is 7.30. The van der Waals surface area contributed by atoms with Gasteiger partial charge in [0.2, 0.25) is 0 Å². The molecule has 6 heteroatoms. The van der Waals surface area contributed by atoms with Crippen molar-refractivity contribution >= 4 is 11.6 Å². The first-order chi connectivity index (χ1) is 10.0. The molecule has 2 aliphatic carbocycles. The standard InChI is InChI=1S/C15H18N2O4/c18-12-3-4-14(17(20)21)13(7-12)15(19)16-8-11-6-9-1-2-10(11)5-9/h3-4,7,9-11,18H,1-2,5-6,8H2,(H,16,19). The van der Waals surface area contributed by atoms with Crippen LogP contribution in [0.3, 0.4) is 0 Å². The van der Waals surface area contributed by atoms with Crippen LogP contribution in [0.15, 0.2) is 18.2 Å². The molecule has 1 aromatic carbocycles. The SMILES string of the molecule is O=C(NCC1CC2CCC1C2)c1cc(O)ccc1[N+](=O)[O-]. The van der Waals surface area contributed by atoms with Crippen LogP contribution in [0.4, 0.5) is 5.69 Å². The minimum Gasteiger partial charge on any atom is -0.508 e. The van der Waals surface area contributed by atoms with Crippen LogP contribution >= 0.6 is 0 Å². The lowest BCUT2D eigenvalue weighted by atomic mass is 9.89. The van der Waals surface area contributed by atoms with Gasteiger partial charge in [-0.15, -0.1) is 0 Å². The third kappa shape index (κ3) is 2.70. The first-order valence-electron chi connectivity index (χ1n) is 7.30. The lowest BCUT2D eigenvalue weighted by Crippen LogP contribution is -2.31. The Morgan fingerprint density at radius 1 is 1.38 bits per heavy atom. The van der Waals surface area contributed by atoms with Crippen molar-refractivity contribution < 1.29 is 14.8 Å². The molecule has 0 radical (unpaired) electrons. The molecule has 1 amide bonds. The summed E-state index contributed by atoms with van der Waals surface area (Å²) in [5, 5.41) is 23.2. The molecule has 0 saturated heterocycles. The lowest BCUT2D eigenvalue weighted by Gasteiger charge is -2.21. The van der Waals surface area contributed by atoms with E-state index in [1.807, 2.05) is 0 Å². The van der Waals surface area contributed by atoms with Crippen molar-refractivity contribution in [2.75, 3.05) is 6.54 Å². The topological polar surface area (TPSA) is 92.5 Å². The van der Waals surface area contributed by atoms with E-state index in [0.29, 0.717) is 18.4 Å². The number of carbonyl (C=O) groups excluding carboxylic acids is 1. The zero-order valence-corrected chi connectivity index (χ0v) is 11.6. The van der Waals surface area contributed by atoms with Crippen LogP contribution in [0.25, 0.3) is 0 Å². The van der Waals surface area contributed by atoms with Gasteiger partial charge in [0.05, 0.1) is 4.92 Å². The predicted octanol–water partition coefficient (Wildman–Crippen LogP) is 2.47. The number of rotatable bonds is 4. The third-order valence-electron chi connectivity index (χ3n) is 4.83. The van der Waals surface area contributed by atoms with E-state index in [0.717, 1.165) is 24.5 Å². The molecule has 3 rings (SSSR count). The van der Waals surface area contributed by atoms with E-state index in [4.69, 9.17) is 0 Å². The molecule has 3 atom stereocenters. The van der Waals surface area contributed by atoms with E-state index in [1.54, 1.807) is 0 Å². The summed E-state index contributed by atoms with van der Waals surface area (Å²) in [5.74, 6) is 1.34. The number of amides is 1. The highest BCUT2D eigenvalue weighted by Gasteiger charge is 2.39. The van der Waals surface area contributed by atoms with Crippen LogP contribution in [-0.4, -0.2) is 22.5 Å². The molecule has 2 bridgehead atoms. The molecule has 2 fully saturated rings. The summed E-state index contributed by atoms with van der Waals surface area (Å²) in [6.07, 6.45) is 4.94. The molecule has 2 aliphatic rings. The highest BCUT2D eigenvalue weighted by Crippen LogP contribution is 2.47. The van der Waals surface area contributed by atoms with Gasteiger partial charge in [0.1, 0.15) is 11.3 Å². The van der Waals surface area contributed by atoms with Crippen molar-refractivity contribution in [1.29, 1.82) is 0 Å². The Morgan fingerprint density at radius 2 is 2.19 bits per heavy atom. The van der Waals surface area contributed by atoms with E-state index in [1.165, 1.54) is 25.3 Å². The van der Waals surface area contributed by atoms with E-state index in [2.05, 4.69) is 5.32 Å². The number of nitro groups is 1. The molecule has 0 aromatic heterocycles. The number of fused-ring (bicyclic) bond motifs is 2. The average molecular weight is 290 g/mol. The zero-order chi connectivity index (χ0) is 15.0. The van der Waals surface area contributed by atoms with Gasteiger partial charge in [0.25, 0.3) is 11.6 Å². The summed E-state index contributed by atoms with van der Waals surface area (Å²) in [5.41, 5.74) is -0.360. The molecule has 2 saturated carbocycles. The minimum absolute atomic E-state index is 0.0804. The monoisotopic (exact) mass is 290 g/mol. The maximum atomic E-state index is 12.2. The summed E-state index contributed by atoms with van der Waals surface area (Å²) in [6, 6.07) is 3.51. The molecule has 21 heavy (non-hydrogen) atoms. The molecule has 3 unspecified atom stereocenters. The summed E-state index contributed by atoms with van der Waals surface area (Å²) < 4.78 is 0. The molecule has 1 aromatic rings. The van der Waals surface area contributed by atoms with E-state index in [9.17, 15) is 20.0 Å². The maximum Gasteiger partial charge on any atom is 0.282 e. The van der Waals surface area contributed by atoms with Crippen LogP contribution in [0.1, 0.15) is 36.0 Å². The van der Waals surface area contributed by atoms with Gasteiger partial charge in [-0.05, 0) is 49.1 Å². The normalized spacial score (nSPS) is 26.8. The fourth-order valence-electron chi connectivity index (χ4n) is 3.81. The van der Waals surface area contributed by atoms with E-state index >= 15 is 0 Å². The quantitative estimate of drug-likeness (QED) is 0.658. The Labute approximate surface area is 122 Å². The Kier molecular flexibility index (Phi) is 3.53. The number of phenols is 1. The Balaban J connectivity index is 1.68. The molecule has 0 aliphatic heterocycles. The Bertz CT molecular complexity index is 587. The van der Waals surface area contributed by atoms with Gasteiger partial charge in [-0.25, -0.2) is 0 Å². The van der Waals surface area contributed by atoms with Gasteiger partial charge >= 0.3 is 0 Å². The number of hydrogen-bond acceptors (Lipinski definition) is 4. The second-order valence-electron chi connectivity index (χ2n) is 6.10. The largest absolute Gasteiger partial charge is 0.508 e. The van der Waals surface area contributed by atoms with Crippen LogP contribution in [0.5, 0.6) is 5.75 Å². The molecular formula is C15H18N2O4. The fraction of sp³-hybridized carbons (Fsp3) is 0.533. The van der Waals surface area contributed by atoms with Crippen molar-refractivity contribution in [3.63, 3.8) is 0 Å². The zero-order valence-electron chi connectivity index (χ0n) is 11.6. The smallest absolute Gasteiger partial charge is 0.282 e. The number of aromatic hydroxyl groups is 1. The van der Waals surface area contributed by atoms with Crippen LogP contribution in [0, 0.1) is 27.9 Å². The number of nitro benzene ring substituents is 1. The average Bonchev–Trinajstić information content (AvgIpc) is 3.06. The predicted molar refractivity (Wildman–Crippen MR) is 76.0 cm³/mol. The number of nitrogens with one attached hydrogen (secondary N) is 1. The van der Waals surface area contributed by atoms with Crippen molar-refractivity contribution in [2.45, 2.75) is 25.7 Å². The number of hydrogen-bond donors (Lipinski definition) is 2. The highest BCUT2D eigenvalue weighted by molar-refractivity contribution is 5.98. The molecular weight excluding hydrogens is 272 g/mol. The molecule has 2 N–H and O–H groups in total. The summed E-state index contributed by atoms with van der Waals surface area (Å²) in [6.45, 7) is 0.562. The van der Waals surface area contributed by atoms with Crippen molar-refractivity contribution in [3.05, 3.63) is 33.9 Å². The van der Waals surface area contributed by atoms with Gasteiger partial charge in [-0.2, -0.15) is 0 Å². The first kappa shape index (κ1) is 13.9. The van der Waals surface area contributed by atoms with Crippen molar-refractivity contribution in [1.82, 2.24) is 5.32 Å². The van der Waals surface area contributed by atoms with Gasteiger partial charge in [0, 0.05) is 12.6 Å². The summed E-state index contributed by atoms with van der Waals surface area (Å²) in [7, 11) is 0. The third-order valence-corrected chi connectivity index (χ3v) is 4.83. The summed E-state index contributed by atoms with van der Waals surface area (Å²) in [4.78, 5) is 22.5. The Morgan fingerprint density at radius 3 is 2.81 bits per heavy atom. The molecule has 0 spiro atoms. The van der Waals surface area contributed by atoms with E-state index < -0.39 is 10.8 Å². The van der Waals surface area contributed by atoms with Crippen molar-refractivity contribution in [3.8, 4) is 5.75 Å². The van der Waals surface area contributed by atoms with Crippen LogP contribution < -0.4 is 5.32 Å². The lowest BCUT2D eigenvalue weighted by molar-refractivity contribution is -0.385. The van der Waals surface area contributed by atoms with Gasteiger partial charge in [-0.3, -0.25) is 14.9 Å². The minimum atomic E-state index is -0.605. The summed E-state index contributed by atoms with van der Waals surface area (Å²) >= 11 is 0. The van der Waals surface area contributed by atoms with Crippen LogP contribution in [0.2, 0.25) is 0 Å². The number of carbonyl (C=O) groups is 1. The second-order valence-corrected chi connectivity index (χ2v) is 6.10. The Hall–Kier alpha value is -2.11. The molecule has 0 heterocycles. The van der Waals surface area contributed by atoms with E-state index in [-0.39, 0.29) is 17.0 Å². The highest BCUT2D eigenvalue weighted by atomic mass is 16.6. The molecule has 6 nitrogen and oxygen atoms in total. The maximum absolute atomic E-state index is 12.2. The van der Waals surface area contributed by atoms with Crippen molar-refractivity contribution in [2.24, 2.45) is 17.8 Å². The second kappa shape index (κ2) is 5.35. The van der Waals surface area contributed by atoms with Gasteiger partial charge in [0.15, 0.2) is 0 Å². The van der Waals surface area contributed by atoms with Gasteiger partial charge in [-0.1, -0.05) is 6.42 Å². The fourth-order valence-corrected chi connectivity index (χ4v) is 3.81.